The Balaban J connectivity index is 1.88. The van der Waals surface area contributed by atoms with Crippen LogP contribution in [-0.4, -0.2) is 46.7 Å². The summed E-state index contributed by atoms with van der Waals surface area (Å²) in [6.45, 7) is -0.353. The van der Waals surface area contributed by atoms with Crippen molar-refractivity contribution in [2.24, 2.45) is 10.7 Å². The van der Waals surface area contributed by atoms with Crippen molar-refractivity contribution in [3.05, 3.63) is 47.2 Å². The molecule has 0 radical (unpaired) electrons. The van der Waals surface area contributed by atoms with Gasteiger partial charge in [0.1, 0.15) is 40.1 Å². The maximum atomic E-state index is 14.6. The quantitative estimate of drug-likeness (QED) is 0.617. The number of nitrogens with zero attached hydrogens (tertiary/aromatic N) is 3. The van der Waals surface area contributed by atoms with Crippen LogP contribution in [0.25, 0.3) is 0 Å². The number of aryl methyl sites for hydroxylation is 1. The fraction of sp³-hybridized carbons (Fsp3) is 0.400. The van der Waals surface area contributed by atoms with Gasteiger partial charge in [-0.05, 0) is 44.5 Å². The molecule has 3 N–H and O–H groups in total. The minimum atomic E-state index is -4.86. The summed E-state index contributed by atoms with van der Waals surface area (Å²) < 4.78 is 88.4. The minimum absolute atomic E-state index is 0.148. The average molecular weight is 491 g/mol. The predicted octanol–water partition coefficient (Wildman–Crippen LogP) is 3.70. The molecule has 184 valence electrons. The second kappa shape index (κ2) is 8.74. The van der Waals surface area contributed by atoms with Crippen LogP contribution in [0, 0.1) is 12.7 Å². The molecule has 2 aromatic rings. The second-order valence-corrected chi connectivity index (χ2v) is 7.79. The van der Waals surface area contributed by atoms with E-state index in [0.29, 0.717) is 6.92 Å². The first-order valence-corrected chi connectivity index (χ1v) is 9.62. The van der Waals surface area contributed by atoms with Crippen LogP contribution in [0.4, 0.5) is 32.2 Å². The molecule has 0 aromatic carbocycles. The van der Waals surface area contributed by atoms with Gasteiger partial charge in [-0.2, -0.15) is 22.0 Å². The summed E-state index contributed by atoms with van der Waals surface area (Å²) in [5.74, 6) is -3.05. The highest BCUT2D eigenvalue weighted by Gasteiger charge is 2.59. The van der Waals surface area contributed by atoms with Crippen molar-refractivity contribution in [3.63, 3.8) is 0 Å². The highest BCUT2D eigenvalue weighted by molar-refractivity contribution is 6.03. The molecular formula is C20H19F6N5O3. The largest absolute Gasteiger partial charge is 0.433 e. The van der Waals surface area contributed by atoms with Gasteiger partial charge in [0.15, 0.2) is 0 Å². The number of carbonyl (C=O) groups is 1. The summed E-state index contributed by atoms with van der Waals surface area (Å²) in [6.07, 6.45) is -3.93. The monoisotopic (exact) mass is 491 g/mol. The number of nitrogens with one attached hydrogen (secondary N) is 1. The maximum Gasteiger partial charge on any atom is 0.424 e. The normalized spacial score (nSPS) is 22.9. The van der Waals surface area contributed by atoms with Crippen molar-refractivity contribution in [3.8, 4) is 5.75 Å². The van der Waals surface area contributed by atoms with Crippen molar-refractivity contribution in [2.75, 3.05) is 11.9 Å². The highest BCUT2D eigenvalue weighted by atomic mass is 19.4. The van der Waals surface area contributed by atoms with E-state index in [1.54, 1.807) is 0 Å². The summed E-state index contributed by atoms with van der Waals surface area (Å²) in [7, 11) is 0. The minimum Gasteiger partial charge on any atom is -0.433 e. The van der Waals surface area contributed by atoms with Gasteiger partial charge in [0.2, 0.25) is 5.60 Å². The lowest BCUT2D eigenvalue weighted by atomic mass is 9.93. The number of rotatable bonds is 5. The molecule has 0 spiro atoms. The number of amides is 1. The first-order valence-electron chi connectivity index (χ1n) is 9.62. The summed E-state index contributed by atoms with van der Waals surface area (Å²) in [4.78, 5) is 24.2. The standard InChI is InChI=1S/C20H19F6N5O3/c1-9-6-10(34-17(22)23)7-28-13(9)15(32)30-12-5-4-11(21)14(29-12)18(2)8-33-19(3,16(27)31-18)20(24,25)26/h4-7,17H,8H2,1-3H3,(H2,27,31)(H,29,30,32)/t18-,19+/m0/s1. The van der Waals surface area contributed by atoms with Crippen LogP contribution in [-0.2, 0) is 10.3 Å². The smallest absolute Gasteiger partial charge is 0.424 e. The van der Waals surface area contributed by atoms with E-state index in [2.05, 4.69) is 25.0 Å². The molecular weight excluding hydrogens is 472 g/mol. The van der Waals surface area contributed by atoms with Gasteiger partial charge in [0.25, 0.3) is 5.91 Å². The van der Waals surface area contributed by atoms with Gasteiger partial charge in [-0.1, -0.05) is 0 Å². The molecule has 0 saturated carbocycles. The number of hydrogen-bond acceptors (Lipinski definition) is 7. The summed E-state index contributed by atoms with van der Waals surface area (Å²) in [6, 6.07) is 3.22. The average Bonchev–Trinajstić information content (AvgIpc) is 2.71. The Labute approximate surface area is 189 Å². The molecule has 8 nitrogen and oxygen atoms in total. The number of halogens is 6. The van der Waals surface area contributed by atoms with E-state index in [9.17, 15) is 31.1 Å². The molecule has 0 unspecified atom stereocenters. The summed E-state index contributed by atoms with van der Waals surface area (Å²) in [5.41, 5.74) is 0.607. The van der Waals surface area contributed by atoms with Gasteiger partial charge in [-0.25, -0.2) is 14.4 Å². The Hall–Kier alpha value is -3.42. The lowest BCUT2D eigenvalue weighted by Gasteiger charge is -2.40. The summed E-state index contributed by atoms with van der Waals surface area (Å²) >= 11 is 0. The third-order valence-electron chi connectivity index (χ3n) is 5.13. The Bertz CT molecular complexity index is 1140. The molecule has 1 aliphatic rings. The Kier molecular flexibility index (Phi) is 6.48. The molecule has 34 heavy (non-hydrogen) atoms. The fourth-order valence-corrected chi connectivity index (χ4v) is 3.13. The number of hydrogen-bond donors (Lipinski definition) is 2. The fourth-order valence-electron chi connectivity index (χ4n) is 3.13. The van der Waals surface area contributed by atoms with Crippen molar-refractivity contribution in [1.82, 2.24) is 9.97 Å². The van der Waals surface area contributed by atoms with Gasteiger partial charge in [-0.15, -0.1) is 0 Å². The van der Waals surface area contributed by atoms with Crippen LogP contribution in [0.5, 0.6) is 5.75 Å². The number of aromatic nitrogens is 2. The zero-order chi connectivity index (χ0) is 25.5. The number of anilines is 1. The highest BCUT2D eigenvalue weighted by Crippen LogP contribution is 2.41. The second-order valence-electron chi connectivity index (χ2n) is 7.79. The lowest BCUT2D eigenvalue weighted by Crippen LogP contribution is -2.60. The van der Waals surface area contributed by atoms with Crippen LogP contribution in [0.2, 0.25) is 0 Å². The molecule has 2 aromatic heterocycles. The molecule has 0 aliphatic carbocycles. The topological polar surface area (TPSA) is 112 Å². The number of aliphatic imine (C=N–C) groups is 1. The Morgan fingerprint density at radius 2 is 1.97 bits per heavy atom. The molecule has 1 aliphatic heterocycles. The van der Waals surface area contributed by atoms with Crippen LogP contribution < -0.4 is 15.8 Å². The van der Waals surface area contributed by atoms with E-state index in [-0.39, 0.29) is 22.8 Å². The van der Waals surface area contributed by atoms with Crippen LogP contribution in [0.1, 0.15) is 35.6 Å². The Morgan fingerprint density at radius 3 is 2.53 bits per heavy atom. The van der Waals surface area contributed by atoms with Crippen molar-refractivity contribution in [1.29, 1.82) is 0 Å². The van der Waals surface area contributed by atoms with E-state index in [4.69, 9.17) is 10.5 Å². The molecule has 0 fully saturated rings. The molecule has 3 heterocycles. The van der Waals surface area contributed by atoms with Gasteiger partial charge in [0.05, 0.1) is 12.8 Å². The van der Waals surface area contributed by atoms with Crippen molar-refractivity contribution >= 4 is 17.6 Å². The van der Waals surface area contributed by atoms with Gasteiger partial charge in [0, 0.05) is 0 Å². The van der Waals surface area contributed by atoms with Crippen LogP contribution in [0.15, 0.2) is 29.4 Å². The third-order valence-corrected chi connectivity index (χ3v) is 5.13. The maximum absolute atomic E-state index is 14.6. The molecule has 0 bridgehead atoms. The number of nitrogens with two attached hydrogens (primary N) is 1. The molecule has 3 rings (SSSR count). The van der Waals surface area contributed by atoms with E-state index >= 15 is 0 Å². The van der Waals surface area contributed by atoms with Gasteiger partial charge in [-0.3, -0.25) is 9.79 Å². The van der Waals surface area contributed by atoms with Crippen LogP contribution in [0.3, 0.4) is 0 Å². The van der Waals surface area contributed by atoms with E-state index in [1.165, 1.54) is 19.9 Å². The zero-order valence-corrected chi connectivity index (χ0v) is 18.0. The number of pyridine rings is 2. The van der Waals surface area contributed by atoms with Crippen molar-refractivity contribution < 1.29 is 40.6 Å². The van der Waals surface area contributed by atoms with E-state index in [0.717, 1.165) is 18.3 Å². The predicted molar refractivity (Wildman–Crippen MR) is 107 cm³/mol. The molecule has 1 amide bonds. The van der Waals surface area contributed by atoms with Crippen LogP contribution >= 0.6 is 0 Å². The first-order chi connectivity index (χ1) is 15.7. The number of carbonyl (C=O) groups excluding carboxylic acids is 1. The van der Waals surface area contributed by atoms with Crippen molar-refractivity contribution in [2.45, 2.75) is 44.7 Å². The Morgan fingerprint density at radius 1 is 1.29 bits per heavy atom. The lowest BCUT2D eigenvalue weighted by molar-refractivity contribution is -0.249. The zero-order valence-electron chi connectivity index (χ0n) is 18.0. The van der Waals surface area contributed by atoms with Gasteiger partial charge < -0.3 is 20.5 Å². The van der Waals surface area contributed by atoms with E-state index in [1.807, 2.05) is 0 Å². The molecule has 2 atom stereocenters. The molecule has 0 saturated heterocycles. The number of ether oxygens (including phenoxy) is 2. The number of alkyl halides is 5. The molecule has 14 heteroatoms. The van der Waals surface area contributed by atoms with Gasteiger partial charge >= 0.3 is 12.8 Å². The summed E-state index contributed by atoms with van der Waals surface area (Å²) in [5, 5.41) is 2.37. The third kappa shape index (κ3) is 4.76. The van der Waals surface area contributed by atoms with E-state index < -0.39 is 53.8 Å². The number of amidine groups is 1. The first kappa shape index (κ1) is 25.2. The SMILES string of the molecule is Cc1cc(OC(F)F)cnc1C(=O)Nc1ccc(F)c([C@]2(C)CO[C@@](C)(C(F)(F)F)C(N)=N2)n1.